The van der Waals surface area contributed by atoms with Crippen molar-refractivity contribution < 1.29 is 28.6 Å². The van der Waals surface area contributed by atoms with Crippen LogP contribution in [-0.2, 0) is 18.3 Å². The van der Waals surface area contributed by atoms with Gasteiger partial charge >= 0.3 is 17.8 Å². The number of aromatic nitrogens is 3. The van der Waals surface area contributed by atoms with Gasteiger partial charge in [0, 0.05) is 13.1 Å². The molecule has 176 valence electrons. The van der Waals surface area contributed by atoms with Crippen molar-refractivity contribution in [1.82, 2.24) is 19.7 Å². The van der Waals surface area contributed by atoms with Gasteiger partial charge in [-0.05, 0) is 40.2 Å². The van der Waals surface area contributed by atoms with Crippen LogP contribution in [0.2, 0.25) is 0 Å². The molecule has 1 amide bonds. The number of rotatable bonds is 8. The lowest BCUT2D eigenvalue weighted by Gasteiger charge is -2.19. The molecule has 1 aromatic heterocycles. The molecule has 0 bridgehead atoms. The molecule has 0 aliphatic carbocycles. The second-order valence-corrected chi connectivity index (χ2v) is 8.35. The van der Waals surface area contributed by atoms with Gasteiger partial charge in [-0.1, -0.05) is 13.3 Å². The van der Waals surface area contributed by atoms with E-state index in [-0.39, 0.29) is 35.5 Å². The molecule has 0 fully saturated rings. The van der Waals surface area contributed by atoms with E-state index in [9.17, 15) is 23.9 Å². The van der Waals surface area contributed by atoms with Crippen LogP contribution in [0.4, 0.5) is 9.18 Å². The molecule has 0 spiro atoms. The first-order valence-electron chi connectivity index (χ1n) is 10.2. The molecule has 10 nitrogen and oxygen atoms in total. The van der Waals surface area contributed by atoms with E-state index in [1.54, 1.807) is 27.7 Å². The van der Waals surface area contributed by atoms with Crippen molar-refractivity contribution in [3.63, 3.8) is 0 Å². The molecule has 0 aliphatic heterocycles. The van der Waals surface area contributed by atoms with E-state index in [1.165, 1.54) is 7.05 Å². The summed E-state index contributed by atoms with van der Waals surface area (Å²) < 4.78 is 27.5. The lowest BCUT2D eigenvalue weighted by atomic mass is 10.1. The largest absolute Gasteiger partial charge is 0.490 e. The number of carboxylic acids is 1. The topological polar surface area (TPSA) is 125 Å². The average molecular weight is 452 g/mol. The van der Waals surface area contributed by atoms with Gasteiger partial charge in [-0.25, -0.2) is 18.8 Å². The molecule has 0 saturated carbocycles. The first kappa shape index (κ1) is 24.9. The summed E-state index contributed by atoms with van der Waals surface area (Å²) in [5.74, 6) is -2.24. The highest BCUT2D eigenvalue weighted by atomic mass is 19.1. The third-order valence-electron chi connectivity index (χ3n) is 4.39. The van der Waals surface area contributed by atoms with Crippen LogP contribution in [0.3, 0.4) is 0 Å². The molecule has 0 aliphatic rings. The molecule has 2 aromatic rings. The zero-order chi connectivity index (χ0) is 24.2. The van der Waals surface area contributed by atoms with Crippen molar-refractivity contribution in [3.8, 4) is 11.4 Å². The van der Waals surface area contributed by atoms with Gasteiger partial charge in [-0.2, -0.15) is 4.68 Å². The molecule has 0 radical (unpaired) electrons. The summed E-state index contributed by atoms with van der Waals surface area (Å²) in [6.07, 6.45) is 0.462. The quantitative estimate of drug-likeness (QED) is 0.631. The first-order chi connectivity index (χ1) is 14.8. The maximum atomic E-state index is 14.8. The standard InChI is InChI=1S/C21H29FN4O6/c1-7-8-12(2)31-16-10-15(14(22)9-13(16)18(27)28)26-20(30)25(6)17(24-26)11-23-19(29)32-21(3,4)5/h9-10,12H,7-8,11H2,1-6H3,(H,23,29)(H,27,28)/t12-/m0/s1. The fourth-order valence-electron chi connectivity index (χ4n) is 2.91. The van der Waals surface area contributed by atoms with Crippen molar-refractivity contribution >= 4 is 12.1 Å². The van der Waals surface area contributed by atoms with Gasteiger partial charge in [-0.3, -0.25) is 4.57 Å². The highest BCUT2D eigenvalue weighted by molar-refractivity contribution is 5.91. The third kappa shape index (κ3) is 6.08. The predicted octanol–water partition coefficient (Wildman–Crippen LogP) is 3.00. The Labute approximate surface area is 184 Å². The van der Waals surface area contributed by atoms with Crippen LogP contribution < -0.4 is 15.7 Å². The molecular formula is C21H29FN4O6. The number of benzene rings is 1. The molecular weight excluding hydrogens is 423 g/mol. The Balaban J connectivity index is 2.40. The average Bonchev–Trinajstić information content (AvgIpc) is 2.94. The number of carbonyl (C=O) groups is 2. The Hall–Kier alpha value is -3.37. The monoisotopic (exact) mass is 452 g/mol. The number of ether oxygens (including phenoxy) is 2. The van der Waals surface area contributed by atoms with Gasteiger partial charge in [0.05, 0.1) is 12.6 Å². The maximum Gasteiger partial charge on any atom is 0.408 e. The maximum absolute atomic E-state index is 14.8. The van der Waals surface area contributed by atoms with Crippen LogP contribution in [0.5, 0.6) is 5.75 Å². The lowest BCUT2D eigenvalue weighted by molar-refractivity contribution is 0.0521. The van der Waals surface area contributed by atoms with E-state index in [1.807, 2.05) is 6.92 Å². The second-order valence-electron chi connectivity index (χ2n) is 8.35. The molecule has 11 heteroatoms. The smallest absolute Gasteiger partial charge is 0.408 e. The van der Waals surface area contributed by atoms with E-state index < -0.39 is 29.2 Å². The fourth-order valence-corrected chi connectivity index (χ4v) is 2.91. The van der Waals surface area contributed by atoms with Crippen molar-refractivity contribution in [1.29, 1.82) is 0 Å². The zero-order valence-electron chi connectivity index (χ0n) is 19.1. The van der Waals surface area contributed by atoms with Crippen LogP contribution in [0.25, 0.3) is 5.69 Å². The van der Waals surface area contributed by atoms with Crippen molar-refractivity contribution in [2.45, 2.75) is 65.7 Å². The molecule has 2 rings (SSSR count). The summed E-state index contributed by atoms with van der Waals surface area (Å²) in [6, 6.07) is 1.94. The normalized spacial score (nSPS) is 12.3. The van der Waals surface area contributed by atoms with Gasteiger partial charge in [0.2, 0.25) is 0 Å². The number of alkyl carbamates (subject to hydrolysis) is 1. The molecule has 2 N–H and O–H groups in total. The number of carboxylic acid groups (broad SMARTS) is 1. The van der Waals surface area contributed by atoms with Crippen LogP contribution in [0, 0.1) is 5.82 Å². The molecule has 32 heavy (non-hydrogen) atoms. The third-order valence-corrected chi connectivity index (χ3v) is 4.39. The van der Waals surface area contributed by atoms with Crippen LogP contribution in [0.15, 0.2) is 16.9 Å². The molecule has 1 heterocycles. The number of nitrogens with one attached hydrogen (secondary N) is 1. The number of carbonyl (C=O) groups excluding carboxylic acids is 1. The first-order valence-corrected chi connectivity index (χ1v) is 10.2. The summed E-state index contributed by atoms with van der Waals surface area (Å²) in [5.41, 5.74) is -2.00. The van der Waals surface area contributed by atoms with Crippen LogP contribution in [-0.4, -0.2) is 43.2 Å². The summed E-state index contributed by atoms with van der Waals surface area (Å²) in [6.45, 7) is 8.71. The molecule has 0 unspecified atom stereocenters. The minimum atomic E-state index is -1.36. The summed E-state index contributed by atoms with van der Waals surface area (Å²) >= 11 is 0. The van der Waals surface area contributed by atoms with Crippen molar-refractivity contribution in [2.24, 2.45) is 7.05 Å². The fraction of sp³-hybridized carbons (Fsp3) is 0.524. The minimum Gasteiger partial charge on any atom is -0.490 e. The highest BCUT2D eigenvalue weighted by Crippen LogP contribution is 2.27. The van der Waals surface area contributed by atoms with E-state index in [0.717, 1.165) is 27.8 Å². The molecule has 1 atom stereocenters. The van der Waals surface area contributed by atoms with E-state index in [2.05, 4.69) is 10.4 Å². The lowest BCUT2D eigenvalue weighted by Crippen LogP contribution is -2.33. The number of aromatic carboxylic acids is 1. The Kier molecular flexibility index (Phi) is 7.65. The number of halogens is 1. The van der Waals surface area contributed by atoms with Crippen molar-refractivity contribution in [2.75, 3.05) is 0 Å². The molecule has 0 saturated heterocycles. The van der Waals surface area contributed by atoms with E-state index >= 15 is 0 Å². The van der Waals surface area contributed by atoms with Gasteiger partial charge < -0.3 is 19.9 Å². The zero-order valence-corrected chi connectivity index (χ0v) is 19.1. The molecule has 1 aromatic carbocycles. The predicted molar refractivity (Wildman–Crippen MR) is 114 cm³/mol. The summed E-state index contributed by atoms with van der Waals surface area (Å²) in [4.78, 5) is 36.1. The van der Waals surface area contributed by atoms with Gasteiger partial charge in [-0.15, -0.1) is 5.10 Å². The summed E-state index contributed by atoms with van der Waals surface area (Å²) in [7, 11) is 1.42. The number of amides is 1. The SMILES string of the molecule is CCC[C@H](C)Oc1cc(-n2nc(CNC(=O)OC(C)(C)C)n(C)c2=O)c(F)cc1C(=O)O. The number of hydrogen-bond acceptors (Lipinski definition) is 6. The second kappa shape index (κ2) is 9.84. The van der Waals surface area contributed by atoms with Gasteiger partial charge in [0.25, 0.3) is 0 Å². The van der Waals surface area contributed by atoms with Gasteiger partial charge in [0.15, 0.2) is 5.82 Å². The van der Waals surface area contributed by atoms with Crippen LogP contribution in [0.1, 0.15) is 63.6 Å². The van der Waals surface area contributed by atoms with Gasteiger partial charge in [0.1, 0.15) is 28.4 Å². The van der Waals surface area contributed by atoms with E-state index in [0.29, 0.717) is 6.42 Å². The number of hydrogen-bond donors (Lipinski definition) is 2. The Morgan fingerprint density at radius 2 is 1.97 bits per heavy atom. The van der Waals surface area contributed by atoms with E-state index in [4.69, 9.17) is 9.47 Å². The Bertz CT molecular complexity index is 1050. The van der Waals surface area contributed by atoms with Crippen molar-refractivity contribution in [3.05, 3.63) is 39.8 Å². The minimum absolute atomic E-state index is 0.0687. The Morgan fingerprint density at radius 1 is 1.31 bits per heavy atom. The summed E-state index contributed by atoms with van der Waals surface area (Å²) in [5, 5.41) is 16.0. The number of nitrogens with zero attached hydrogens (tertiary/aromatic N) is 3. The highest BCUT2D eigenvalue weighted by Gasteiger charge is 2.23. The Morgan fingerprint density at radius 3 is 2.53 bits per heavy atom. The van der Waals surface area contributed by atoms with Crippen LogP contribution >= 0.6 is 0 Å².